The molecule has 11 heavy (non-hydrogen) atoms. The molecule has 0 atom stereocenters. The van der Waals surface area contributed by atoms with Crippen molar-refractivity contribution in [1.29, 1.82) is 10.5 Å². The maximum absolute atomic E-state index is 8.17. The summed E-state index contributed by atoms with van der Waals surface area (Å²) in [5.41, 5.74) is 0. The molecule has 0 aromatic rings. The lowest BCUT2D eigenvalue weighted by atomic mass is 10.3. The van der Waals surface area contributed by atoms with E-state index in [9.17, 15) is 0 Å². The molecule has 2 nitrogen and oxygen atoms in total. The van der Waals surface area contributed by atoms with E-state index in [0.717, 1.165) is 30.8 Å². The zero-order chi connectivity index (χ0) is 8.36. The normalized spacial score (nSPS) is 8.55. The van der Waals surface area contributed by atoms with Crippen molar-refractivity contribution in [2.75, 3.05) is 11.5 Å². The van der Waals surface area contributed by atoms with Crippen LogP contribution in [0.1, 0.15) is 19.3 Å². The Morgan fingerprint density at radius 2 is 1.27 bits per heavy atom. The number of unbranched alkanes of at least 4 members (excludes halogenated alkanes) is 2. The second-order valence-corrected chi connectivity index (χ2v) is 3.70. The Hall–Kier alpha value is -0.320. The molecule has 0 radical (unpaired) electrons. The van der Waals surface area contributed by atoms with Crippen LogP contribution in [0, 0.1) is 21.3 Å². The molecule has 0 saturated heterocycles. The van der Waals surface area contributed by atoms with Crippen LogP contribution in [0.15, 0.2) is 0 Å². The van der Waals surface area contributed by atoms with Crippen molar-refractivity contribution in [2.45, 2.75) is 19.3 Å². The van der Waals surface area contributed by atoms with Crippen molar-refractivity contribution >= 4 is 23.5 Å². The topological polar surface area (TPSA) is 47.6 Å². The van der Waals surface area contributed by atoms with E-state index in [2.05, 4.69) is 0 Å². The second kappa shape index (κ2) is 9.68. The molecule has 60 valence electrons. The Labute approximate surface area is 76.0 Å². The molecular formula is C7H10N2S2. The number of rotatable bonds is 6. The second-order valence-electron chi connectivity index (χ2n) is 1.94. The smallest absolute Gasteiger partial charge is 0.133 e. The fourth-order valence-electron chi connectivity index (χ4n) is 0.617. The monoisotopic (exact) mass is 186 g/mol. The van der Waals surface area contributed by atoms with Crippen LogP contribution in [-0.2, 0) is 0 Å². The van der Waals surface area contributed by atoms with Crippen molar-refractivity contribution < 1.29 is 0 Å². The van der Waals surface area contributed by atoms with Crippen LogP contribution < -0.4 is 0 Å². The lowest BCUT2D eigenvalue weighted by Crippen LogP contribution is -1.81. The molecule has 4 heteroatoms. The molecule has 0 fully saturated rings. The zero-order valence-corrected chi connectivity index (χ0v) is 7.88. The number of nitrogens with zero attached hydrogens (tertiary/aromatic N) is 2. The van der Waals surface area contributed by atoms with Gasteiger partial charge in [0, 0.05) is 11.5 Å². The Morgan fingerprint density at radius 1 is 0.818 bits per heavy atom. The zero-order valence-electron chi connectivity index (χ0n) is 6.25. The van der Waals surface area contributed by atoms with E-state index < -0.39 is 0 Å². The van der Waals surface area contributed by atoms with Crippen molar-refractivity contribution in [3.05, 3.63) is 0 Å². The summed E-state index contributed by atoms with van der Waals surface area (Å²) >= 11 is 2.61. The molecule has 0 aromatic heterocycles. The van der Waals surface area contributed by atoms with E-state index in [1.807, 2.05) is 10.8 Å². The Kier molecular flexibility index (Phi) is 9.40. The molecule has 0 amide bonds. The maximum atomic E-state index is 8.17. The van der Waals surface area contributed by atoms with Gasteiger partial charge in [0.05, 0.1) is 0 Å². The first-order valence-corrected chi connectivity index (χ1v) is 5.40. The van der Waals surface area contributed by atoms with Gasteiger partial charge in [0.15, 0.2) is 0 Å². The molecule has 0 aliphatic rings. The summed E-state index contributed by atoms with van der Waals surface area (Å²) in [6.07, 6.45) is 3.30. The predicted molar refractivity (Wildman–Crippen MR) is 50.0 cm³/mol. The van der Waals surface area contributed by atoms with E-state index in [1.165, 1.54) is 23.5 Å². The number of hydrogen-bond acceptors (Lipinski definition) is 4. The van der Waals surface area contributed by atoms with Crippen molar-refractivity contribution in [1.82, 2.24) is 0 Å². The van der Waals surface area contributed by atoms with Gasteiger partial charge in [-0.2, -0.15) is 10.5 Å². The van der Waals surface area contributed by atoms with Gasteiger partial charge in [0.25, 0.3) is 0 Å². The molecule has 0 saturated carbocycles. The predicted octanol–water partition coefficient (Wildman–Crippen LogP) is 2.59. The summed E-state index contributed by atoms with van der Waals surface area (Å²) in [5.74, 6) is 1.85. The van der Waals surface area contributed by atoms with Crippen molar-refractivity contribution in [3.8, 4) is 10.8 Å². The first kappa shape index (κ1) is 10.7. The summed E-state index contributed by atoms with van der Waals surface area (Å²) in [4.78, 5) is 0. The summed E-state index contributed by atoms with van der Waals surface area (Å²) in [5, 5.41) is 20.4. The lowest BCUT2D eigenvalue weighted by Gasteiger charge is -1.93. The average Bonchev–Trinajstić information content (AvgIpc) is 2.03. The molecule has 0 unspecified atom stereocenters. The maximum Gasteiger partial charge on any atom is 0.133 e. The van der Waals surface area contributed by atoms with Crippen molar-refractivity contribution in [3.63, 3.8) is 0 Å². The highest BCUT2D eigenvalue weighted by Gasteiger charge is 1.89. The standard InChI is InChI=1S/C7H10N2S2/c8-6-10-4-2-1-3-5-11-7-9/h1-5H2. The van der Waals surface area contributed by atoms with Gasteiger partial charge in [-0.05, 0) is 36.4 Å². The van der Waals surface area contributed by atoms with Crippen LogP contribution in [-0.4, -0.2) is 11.5 Å². The first-order valence-electron chi connectivity index (χ1n) is 3.43. The van der Waals surface area contributed by atoms with E-state index in [1.54, 1.807) is 0 Å². The first-order chi connectivity index (χ1) is 5.41. The Bertz CT molecular complexity index is 139. The van der Waals surface area contributed by atoms with Gasteiger partial charge in [0.1, 0.15) is 10.8 Å². The molecule has 0 bridgehead atoms. The van der Waals surface area contributed by atoms with Crippen LogP contribution in [0.25, 0.3) is 0 Å². The summed E-state index contributed by atoms with van der Waals surface area (Å²) in [7, 11) is 0. The molecule has 0 spiro atoms. The molecular weight excluding hydrogens is 176 g/mol. The van der Waals surface area contributed by atoms with Gasteiger partial charge in [0.2, 0.25) is 0 Å². The quantitative estimate of drug-likeness (QED) is 0.472. The lowest BCUT2D eigenvalue weighted by molar-refractivity contribution is 0.787. The Balaban J connectivity index is 2.82. The van der Waals surface area contributed by atoms with Crippen molar-refractivity contribution in [2.24, 2.45) is 0 Å². The SMILES string of the molecule is N#CSCCCCCSC#N. The van der Waals surface area contributed by atoms with Gasteiger partial charge in [-0.1, -0.05) is 6.42 Å². The third kappa shape index (κ3) is 9.68. The van der Waals surface area contributed by atoms with Crippen LogP contribution in [0.5, 0.6) is 0 Å². The van der Waals surface area contributed by atoms with Crippen LogP contribution in [0.3, 0.4) is 0 Å². The fraction of sp³-hybridized carbons (Fsp3) is 0.714. The number of hydrogen-bond donors (Lipinski definition) is 0. The Morgan fingerprint density at radius 3 is 1.64 bits per heavy atom. The van der Waals surface area contributed by atoms with Gasteiger partial charge in [-0.3, -0.25) is 0 Å². The van der Waals surface area contributed by atoms with E-state index in [4.69, 9.17) is 10.5 Å². The fourth-order valence-corrected chi connectivity index (χ4v) is 1.50. The van der Waals surface area contributed by atoms with Gasteiger partial charge in [-0.15, -0.1) is 0 Å². The molecule has 0 aromatic carbocycles. The van der Waals surface area contributed by atoms with E-state index in [-0.39, 0.29) is 0 Å². The minimum absolute atomic E-state index is 0.924. The minimum atomic E-state index is 0.924. The molecule has 0 aliphatic carbocycles. The van der Waals surface area contributed by atoms with E-state index in [0.29, 0.717) is 0 Å². The highest BCUT2D eigenvalue weighted by molar-refractivity contribution is 8.03. The van der Waals surface area contributed by atoms with Crippen LogP contribution in [0.2, 0.25) is 0 Å². The largest absolute Gasteiger partial charge is 0.185 e. The van der Waals surface area contributed by atoms with Crippen LogP contribution >= 0.6 is 23.5 Å². The van der Waals surface area contributed by atoms with E-state index >= 15 is 0 Å². The third-order valence-corrected chi connectivity index (χ3v) is 2.37. The van der Waals surface area contributed by atoms with Gasteiger partial charge < -0.3 is 0 Å². The summed E-state index contributed by atoms with van der Waals surface area (Å²) < 4.78 is 0. The minimum Gasteiger partial charge on any atom is -0.185 e. The molecule has 0 N–H and O–H groups in total. The summed E-state index contributed by atoms with van der Waals surface area (Å²) in [6.45, 7) is 0. The molecule has 0 heterocycles. The van der Waals surface area contributed by atoms with Gasteiger partial charge in [-0.25, -0.2) is 0 Å². The average molecular weight is 186 g/mol. The van der Waals surface area contributed by atoms with Crippen LogP contribution in [0.4, 0.5) is 0 Å². The van der Waals surface area contributed by atoms with Gasteiger partial charge >= 0.3 is 0 Å². The summed E-state index contributed by atoms with van der Waals surface area (Å²) in [6, 6.07) is 0. The highest BCUT2D eigenvalue weighted by Crippen LogP contribution is 2.07. The number of thioether (sulfide) groups is 2. The third-order valence-electron chi connectivity index (χ3n) is 1.12. The number of thiocyanates is 2. The highest BCUT2D eigenvalue weighted by atomic mass is 32.2. The molecule has 0 rings (SSSR count). The molecule has 0 aliphatic heterocycles. The number of nitriles is 2.